The largest absolute Gasteiger partial charge is 0.302 e. The van der Waals surface area contributed by atoms with E-state index >= 15 is 0 Å². The van der Waals surface area contributed by atoms with Crippen molar-refractivity contribution in [3.8, 4) is 0 Å². The number of hydrogen-bond donors (Lipinski definition) is 2. The molecule has 0 fully saturated rings. The van der Waals surface area contributed by atoms with Gasteiger partial charge in [-0.2, -0.15) is 0 Å². The average molecular weight is 329 g/mol. The van der Waals surface area contributed by atoms with E-state index in [2.05, 4.69) is 46.4 Å². The molecule has 0 atom stereocenters. The Labute approximate surface area is 145 Å². The van der Waals surface area contributed by atoms with Crippen LogP contribution in [0.25, 0.3) is 11.6 Å². The van der Waals surface area contributed by atoms with Crippen LogP contribution in [0.4, 0.5) is 5.69 Å². The van der Waals surface area contributed by atoms with Gasteiger partial charge in [-0.05, 0) is 37.5 Å². The standard InChI is InChI=1S/C21H19N3O/c1-14-6-8-15(9-7-14)10-11-20-18(21(25)24-23-20)12-16-13-22-19-5-3-2-4-17(16)19/h2-9,12-13H,10-11H2,1H3,(H2,23,24,25). The summed E-state index contributed by atoms with van der Waals surface area (Å²) in [6, 6.07) is 16.5. The van der Waals surface area contributed by atoms with Gasteiger partial charge < -0.3 is 5.10 Å². The van der Waals surface area contributed by atoms with Crippen molar-refractivity contribution >= 4 is 23.6 Å². The fourth-order valence-electron chi connectivity index (χ4n) is 3.09. The minimum absolute atomic E-state index is 0.0933. The Morgan fingerprint density at radius 1 is 1.00 bits per heavy atom. The molecule has 2 N–H and O–H groups in total. The molecule has 1 aliphatic rings. The van der Waals surface area contributed by atoms with Crippen LogP contribution in [0.3, 0.4) is 0 Å². The zero-order chi connectivity index (χ0) is 17.2. The fourth-order valence-corrected chi connectivity index (χ4v) is 3.09. The summed E-state index contributed by atoms with van der Waals surface area (Å²) >= 11 is 0. The third-order valence-electron chi connectivity index (χ3n) is 4.54. The number of fused-ring (bicyclic) bond motifs is 1. The van der Waals surface area contributed by atoms with E-state index in [9.17, 15) is 4.79 Å². The molecule has 0 bridgehead atoms. The van der Waals surface area contributed by atoms with Crippen LogP contribution in [-0.4, -0.2) is 16.4 Å². The summed E-state index contributed by atoms with van der Waals surface area (Å²) in [5.41, 5.74) is 7.01. The normalized spacial score (nSPS) is 14.2. The van der Waals surface area contributed by atoms with E-state index in [1.807, 2.05) is 36.6 Å². The Hall–Kier alpha value is -3.14. The molecule has 1 aromatic heterocycles. The quantitative estimate of drug-likeness (QED) is 0.745. The maximum atomic E-state index is 12.2. The first-order chi connectivity index (χ1) is 12.2. The Kier molecular flexibility index (Phi) is 3.94. The monoisotopic (exact) mass is 329 g/mol. The van der Waals surface area contributed by atoms with Crippen molar-refractivity contribution in [2.45, 2.75) is 19.8 Å². The van der Waals surface area contributed by atoms with Crippen LogP contribution in [0.1, 0.15) is 27.9 Å². The number of benzene rings is 2. The Bertz CT molecular complexity index is 1020. The molecule has 4 nitrogen and oxygen atoms in total. The molecule has 124 valence electrons. The van der Waals surface area contributed by atoms with Gasteiger partial charge in [0.2, 0.25) is 0 Å². The molecule has 0 spiro atoms. The fraction of sp³-hybridized carbons (Fsp3) is 0.143. The molecule has 1 aliphatic heterocycles. The predicted molar refractivity (Wildman–Crippen MR) is 102 cm³/mol. The predicted octanol–water partition coefficient (Wildman–Crippen LogP) is 4.05. The zero-order valence-corrected chi connectivity index (χ0v) is 14.0. The lowest BCUT2D eigenvalue weighted by atomic mass is 10.0. The number of allylic oxidation sites excluding steroid dienone is 1. The van der Waals surface area contributed by atoms with Gasteiger partial charge in [-0.15, -0.1) is 0 Å². The number of aliphatic imine (C=N–C) groups is 1. The molecule has 3 aromatic rings. The van der Waals surface area contributed by atoms with E-state index in [0.717, 1.165) is 35.4 Å². The first-order valence-electron chi connectivity index (χ1n) is 8.41. The molecular formula is C21H19N3O. The van der Waals surface area contributed by atoms with Crippen molar-refractivity contribution in [2.24, 2.45) is 4.99 Å². The smallest absolute Gasteiger partial charge is 0.271 e. The Morgan fingerprint density at radius 2 is 1.80 bits per heavy atom. The molecule has 0 saturated heterocycles. The maximum absolute atomic E-state index is 12.2. The summed E-state index contributed by atoms with van der Waals surface area (Å²) in [7, 11) is 0. The van der Waals surface area contributed by atoms with Crippen LogP contribution in [-0.2, 0) is 12.8 Å². The van der Waals surface area contributed by atoms with E-state index in [0.29, 0.717) is 5.56 Å². The number of nitrogens with one attached hydrogen (secondary N) is 2. The van der Waals surface area contributed by atoms with Gasteiger partial charge in [0.15, 0.2) is 0 Å². The number of aryl methyl sites for hydroxylation is 3. The summed E-state index contributed by atoms with van der Waals surface area (Å²) in [5, 5.41) is 5.74. The first-order valence-corrected chi connectivity index (χ1v) is 8.41. The lowest BCUT2D eigenvalue weighted by Crippen LogP contribution is -2.03. The lowest BCUT2D eigenvalue weighted by Gasteiger charge is -2.03. The van der Waals surface area contributed by atoms with Crippen molar-refractivity contribution in [2.75, 3.05) is 0 Å². The number of hydrogen-bond acceptors (Lipinski definition) is 2. The van der Waals surface area contributed by atoms with Gasteiger partial charge in [-0.25, -0.2) is 0 Å². The van der Waals surface area contributed by atoms with Crippen molar-refractivity contribution in [1.82, 2.24) is 10.2 Å². The zero-order valence-electron chi connectivity index (χ0n) is 14.0. The van der Waals surface area contributed by atoms with E-state index in [1.54, 1.807) is 0 Å². The SMILES string of the molecule is Cc1ccc(CCc2[nH][nH]c(=O)c2C=C2C=Nc3ccccc32)cc1. The summed E-state index contributed by atoms with van der Waals surface area (Å²) in [5.74, 6) is 0. The van der Waals surface area contributed by atoms with E-state index in [1.165, 1.54) is 11.1 Å². The van der Waals surface area contributed by atoms with Gasteiger partial charge in [-0.1, -0.05) is 48.0 Å². The highest BCUT2D eigenvalue weighted by atomic mass is 16.1. The van der Waals surface area contributed by atoms with Crippen LogP contribution in [0.2, 0.25) is 0 Å². The van der Waals surface area contributed by atoms with Crippen LogP contribution < -0.4 is 5.56 Å². The molecule has 0 amide bonds. The molecule has 4 rings (SSSR count). The van der Waals surface area contributed by atoms with E-state index in [-0.39, 0.29) is 5.56 Å². The third-order valence-corrected chi connectivity index (χ3v) is 4.54. The average Bonchev–Trinajstić information content (AvgIpc) is 3.20. The Morgan fingerprint density at radius 3 is 2.64 bits per heavy atom. The third kappa shape index (κ3) is 3.11. The van der Waals surface area contributed by atoms with E-state index < -0.39 is 0 Å². The summed E-state index contributed by atoms with van der Waals surface area (Å²) < 4.78 is 0. The van der Waals surface area contributed by atoms with E-state index in [4.69, 9.17) is 0 Å². The van der Waals surface area contributed by atoms with Crippen LogP contribution in [0.5, 0.6) is 0 Å². The van der Waals surface area contributed by atoms with Crippen molar-refractivity contribution in [1.29, 1.82) is 0 Å². The van der Waals surface area contributed by atoms with Crippen LogP contribution >= 0.6 is 0 Å². The number of rotatable bonds is 4. The number of para-hydroxylation sites is 1. The number of aromatic nitrogens is 2. The summed E-state index contributed by atoms with van der Waals surface area (Å²) in [6.07, 6.45) is 5.41. The second-order valence-electron chi connectivity index (χ2n) is 6.33. The molecular weight excluding hydrogens is 310 g/mol. The minimum Gasteiger partial charge on any atom is -0.302 e. The highest BCUT2D eigenvalue weighted by Gasteiger charge is 2.14. The minimum atomic E-state index is -0.0933. The molecule has 0 radical (unpaired) electrons. The molecule has 0 saturated carbocycles. The lowest BCUT2D eigenvalue weighted by molar-refractivity contribution is 0.888. The number of nitrogens with zero attached hydrogens (tertiary/aromatic N) is 1. The highest BCUT2D eigenvalue weighted by molar-refractivity contribution is 6.21. The molecule has 2 heterocycles. The van der Waals surface area contributed by atoms with Gasteiger partial charge >= 0.3 is 0 Å². The van der Waals surface area contributed by atoms with Gasteiger partial charge in [0.05, 0.1) is 11.3 Å². The van der Waals surface area contributed by atoms with Crippen LogP contribution in [0, 0.1) is 6.92 Å². The van der Waals surface area contributed by atoms with Gasteiger partial charge in [-0.3, -0.25) is 14.9 Å². The van der Waals surface area contributed by atoms with Gasteiger partial charge in [0.25, 0.3) is 5.56 Å². The summed E-state index contributed by atoms with van der Waals surface area (Å²) in [4.78, 5) is 16.6. The van der Waals surface area contributed by atoms with Gasteiger partial charge in [0, 0.05) is 23.0 Å². The summed E-state index contributed by atoms with van der Waals surface area (Å²) in [6.45, 7) is 2.08. The van der Waals surface area contributed by atoms with Crippen molar-refractivity contribution < 1.29 is 0 Å². The van der Waals surface area contributed by atoms with Crippen LogP contribution in [0.15, 0.2) is 58.3 Å². The maximum Gasteiger partial charge on any atom is 0.271 e. The molecule has 2 aromatic carbocycles. The first kappa shape index (κ1) is 15.4. The highest BCUT2D eigenvalue weighted by Crippen LogP contribution is 2.32. The molecule has 0 unspecified atom stereocenters. The molecule has 25 heavy (non-hydrogen) atoms. The van der Waals surface area contributed by atoms with Crippen molar-refractivity contribution in [3.63, 3.8) is 0 Å². The number of aromatic amines is 2. The van der Waals surface area contributed by atoms with Crippen molar-refractivity contribution in [3.05, 3.63) is 86.8 Å². The van der Waals surface area contributed by atoms with Gasteiger partial charge in [0.1, 0.15) is 0 Å². The topological polar surface area (TPSA) is 61.0 Å². The molecule has 0 aliphatic carbocycles. The second-order valence-corrected chi connectivity index (χ2v) is 6.33. The second kappa shape index (κ2) is 6.40. The number of H-pyrrole nitrogens is 2. The molecule has 4 heteroatoms. The Balaban J connectivity index is 1.61.